The number of hydrogen-bond donors (Lipinski definition) is 1. The molecule has 0 unspecified atom stereocenters. The largest absolute Gasteiger partial charge is 0.355 e. The Labute approximate surface area is 116 Å². The predicted molar refractivity (Wildman–Crippen MR) is 75.4 cm³/mol. The summed E-state index contributed by atoms with van der Waals surface area (Å²) in [5.41, 5.74) is 0. The minimum atomic E-state index is -3.26. The van der Waals surface area contributed by atoms with Gasteiger partial charge in [0.15, 0.2) is 0 Å². The topological polar surface area (TPSA) is 69.7 Å². The first-order chi connectivity index (χ1) is 8.92. The van der Waals surface area contributed by atoms with Crippen molar-refractivity contribution in [2.45, 2.75) is 25.7 Å². The van der Waals surface area contributed by atoms with E-state index in [2.05, 4.69) is 5.32 Å². The second-order valence-electron chi connectivity index (χ2n) is 5.18. The summed E-state index contributed by atoms with van der Waals surface area (Å²) in [6.45, 7) is 2.51. The summed E-state index contributed by atoms with van der Waals surface area (Å²) < 4.78 is 25.5. The number of nitrogens with one attached hydrogen (secondary N) is 1. The molecule has 1 N–H and O–H groups in total. The zero-order valence-electron chi connectivity index (χ0n) is 11.9. The summed E-state index contributed by atoms with van der Waals surface area (Å²) in [4.78, 5) is 13.5. The molecule has 0 atom stereocenters. The number of hydrogen-bond acceptors (Lipinski definition) is 4. The third-order valence-electron chi connectivity index (χ3n) is 3.18. The summed E-state index contributed by atoms with van der Waals surface area (Å²) in [6, 6.07) is 0. The van der Waals surface area contributed by atoms with Gasteiger partial charge in [-0.2, -0.15) is 0 Å². The monoisotopic (exact) mass is 291 g/mol. The van der Waals surface area contributed by atoms with Gasteiger partial charge in [0.1, 0.15) is 0 Å². The van der Waals surface area contributed by atoms with Crippen LogP contribution in [0.15, 0.2) is 0 Å². The fourth-order valence-electron chi connectivity index (χ4n) is 2.00. The van der Waals surface area contributed by atoms with Crippen LogP contribution in [-0.4, -0.2) is 69.6 Å². The van der Waals surface area contributed by atoms with Crippen LogP contribution >= 0.6 is 0 Å². The molecule has 19 heavy (non-hydrogen) atoms. The molecule has 1 rings (SSSR count). The van der Waals surface area contributed by atoms with Crippen molar-refractivity contribution in [1.82, 2.24) is 14.5 Å². The molecule has 112 valence electrons. The summed E-state index contributed by atoms with van der Waals surface area (Å²) in [7, 11) is 0.589. The molecule has 0 bridgehead atoms. The van der Waals surface area contributed by atoms with Gasteiger partial charge in [-0.15, -0.1) is 0 Å². The first kappa shape index (κ1) is 16.4. The third-order valence-corrected chi connectivity index (χ3v) is 5.05. The SMILES string of the molecule is CN(C)CCNC(=O)CCS(=O)(=O)N1CCCCC1. The lowest BCUT2D eigenvalue weighted by atomic mass is 10.2. The Morgan fingerprint density at radius 1 is 1.21 bits per heavy atom. The summed E-state index contributed by atoms with van der Waals surface area (Å²) in [5, 5.41) is 2.73. The molecule has 1 aliphatic heterocycles. The van der Waals surface area contributed by atoms with Crippen LogP contribution in [0.5, 0.6) is 0 Å². The maximum Gasteiger partial charge on any atom is 0.221 e. The van der Waals surface area contributed by atoms with Crippen LogP contribution in [0.4, 0.5) is 0 Å². The minimum absolute atomic E-state index is 0.0479. The van der Waals surface area contributed by atoms with E-state index < -0.39 is 10.0 Å². The van der Waals surface area contributed by atoms with Crippen LogP contribution in [0.3, 0.4) is 0 Å². The average Bonchev–Trinajstić information content (AvgIpc) is 2.37. The highest BCUT2D eigenvalue weighted by Gasteiger charge is 2.24. The van der Waals surface area contributed by atoms with Crippen LogP contribution in [0.2, 0.25) is 0 Å². The summed E-state index contributed by atoms with van der Waals surface area (Å²) >= 11 is 0. The van der Waals surface area contributed by atoms with Crippen LogP contribution in [-0.2, 0) is 14.8 Å². The van der Waals surface area contributed by atoms with E-state index in [0.717, 1.165) is 25.8 Å². The minimum Gasteiger partial charge on any atom is -0.355 e. The van der Waals surface area contributed by atoms with E-state index in [9.17, 15) is 13.2 Å². The molecular formula is C12H25N3O3S. The van der Waals surface area contributed by atoms with Crippen LogP contribution in [0, 0.1) is 0 Å². The molecule has 1 amide bonds. The van der Waals surface area contributed by atoms with Gasteiger partial charge >= 0.3 is 0 Å². The maximum absolute atomic E-state index is 12.0. The lowest BCUT2D eigenvalue weighted by molar-refractivity contribution is -0.120. The molecular weight excluding hydrogens is 266 g/mol. The van der Waals surface area contributed by atoms with Crippen LogP contribution in [0.25, 0.3) is 0 Å². The molecule has 1 heterocycles. The van der Waals surface area contributed by atoms with Gasteiger partial charge in [0.2, 0.25) is 15.9 Å². The lowest BCUT2D eigenvalue weighted by Crippen LogP contribution is -2.39. The summed E-state index contributed by atoms with van der Waals surface area (Å²) in [5.74, 6) is -0.275. The number of rotatable bonds is 7. The molecule has 0 radical (unpaired) electrons. The Morgan fingerprint density at radius 3 is 2.42 bits per heavy atom. The lowest BCUT2D eigenvalue weighted by Gasteiger charge is -2.25. The molecule has 0 saturated carbocycles. The van der Waals surface area contributed by atoms with Gasteiger partial charge in [0.25, 0.3) is 0 Å². The molecule has 1 saturated heterocycles. The fraction of sp³-hybridized carbons (Fsp3) is 0.917. The average molecular weight is 291 g/mol. The van der Waals surface area contributed by atoms with Crippen LogP contribution in [0.1, 0.15) is 25.7 Å². The van der Waals surface area contributed by atoms with Crippen LogP contribution < -0.4 is 5.32 Å². The first-order valence-electron chi connectivity index (χ1n) is 6.81. The quantitative estimate of drug-likeness (QED) is 0.709. The van der Waals surface area contributed by atoms with Crippen molar-refractivity contribution in [3.63, 3.8) is 0 Å². The Hall–Kier alpha value is -0.660. The molecule has 0 spiro atoms. The molecule has 0 aromatic heterocycles. The standard InChI is InChI=1S/C12H25N3O3S/c1-14(2)10-7-13-12(16)6-11-19(17,18)15-8-4-3-5-9-15/h3-11H2,1-2H3,(H,13,16). The smallest absolute Gasteiger partial charge is 0.221 e. The van der Waals surface area contributed by atoms with E-state index in [4.69, 9.17) is 0 Å². The van der Waals surface area contributed by atoms with E-state index in [1.54, 1.807) is 0 Å². The van der Waals surface area contributed by atoms with Crippen molar-refractivity contribution >= 4 is 15.9 Å². The molecule has 1 fully saturated rings. The Bertz CT molecular complexity index is 376. The van der Waals surface area contributed by atoms with Crippen molar-refractivity contribution < 1.29 is 13.2 Å². The van der Waals surface area contributed by atoms with E-state index in [1.165, 1.54) is 4.31 Å². The predicted octanol–water partition coefficient (Wildman–Crippen LogP) is -0.130. The number of piperidine rings is 1. The van der Waals surface area contributed by atoms with Crippen molar-refractivity contribution in [2.75, 3.05) is 46.0 Å². The number of likely N-dealkylation sites (N-methyl/N-ethyl adjacent to an activating group) is 1. The summed E-state index contributed by atoms with van der Waals surface area (Å²) in [6.07, 6.45) is 2.99. The highest BCUT2D eigenvalue weighted by molar-refractivity contribution is 7.89. The molecule has 0 aromatic carbocycles. The highest BCUT2D eigenvalue weighted by atomic mass is 32.2. The Morgan fingerprint density at radius 2 is 1.84 bits per heavy atom. The van der Waals surface area contributed by atoms with Gasteiger partial charge in [0, 0.05) is 32.6 Å². The number of carbonyl (C=O) groups is 1. The van der Waals surface area contributed by atoms with E-state index in [1.807, 2.05) is 19.0 Å². The maximum atomic E-state index is 12.0. The Kier molecular flexibility index (Phi) is 6.74. The number of nitrogens with zero attached hydrogens (tertiary/aromatic N) is 2. The fourth-order valence-corrected chi connectivity index (χ4v) is 3.52. The second-order valence-corrected chi connectivity index (χ2v) is 7.27. The normalized spacial score (nSPS) is 17.6. The van der Waals surface area contributed by atoms with Crippen molar-refractivity contribution in [3.05, 3.63) is 0 Å². The Balaban J connectivity index is 2.28. The zero-order chi connectivity index (χ0) is 14.3. The highest BCUT2D eigenvalue weighted by Crippen LogP contribution is 2.13. The number of carbonyl (C=O) groups excluding carboxylic acids is 1. The van der Waals surface area contributed by atoms with Gasteiger partial charge in [0.05, 0.1) is 5.75 Å². The molecule has 6 nitrogen and oxygen atoms in total. The van der Waals surface area contributed by atoms with Gasteiger partial charge in [-0.3, -0.25) is 4.79 Å². The molecule has 0 aliphatic carbocycles. The van der Waals surface area contributed by atoms with E-state index in [-0.39, 0.29) is 18.1 Å². The third kappa shape index (κ3) is 6.35. The van der Waals surface area contributed by atoms with Crippen molar-refractivity contribution in [3.8, 4) is 0 Å². The first-order valence-corrected chi connectivity index (χ1v) is 8.42. The van der Waals surface area contributed by atoms with Crippen molar-refractivity contribution in [1.29, 1.82) is 0 Å². The molecule has 1 aliphatic rings. The number of sulfonamides is 1. The molecule has 7 heteroatoms. The van der Waals surface area contributed by atoms with Crippen molar-refractivity contribution in [2.24, 2.45) is 0 Å². The van der Waals surface area contributed by atoms with Gasteiger partial charge < -0.3 is 10.2 Å². The van der Waals surface area contributed by atoms with Gasteiger partial charge in [-0.25, -0.2) is 12.7 Å². The van der Waals surface area contributed by atoms with Gasteiger partial charge in [-0.05, 0) is 26.9 Å². The molecule has 0 aromatic rings. The zero-order valence-corrected chi connectivity index (χ0v) is 12.7. The van der Waals surface area contributed by atoms with Gasteiger partial charge in [-0.1, -0.05) is 6.42 Å². The van der Waals surface area contributed by atoms with E-state index >= 15 is 0 Å². The second kappa shape index (κ2) is 7.81. The van der Waals surface area contributed by atoms with E-state index in [0.29, 0.717) is 19.6 Å². The number of amides is 1.